The van der Waals surface area contributed by atoms with Gasteiger partial charge in [-0.05, 0) is 43.4 Å². The maximum Gasteiger partial charge on any atom is 0.191 e. The Labute approximate surface area is 164 Å². The molecule has 0 bridgehead atoms. The number of nitrogens with zero attached hydrogens (tertiary/aromatic N) is 1. The number of methoxy groups -OCH3 is 1. The van der Waals surface area contributed by atoms with Gasteiger partial charge in [0.05, 0.1) is 19.8 Å². The van der Waals surface area contributed by atoms with Crippen LogP contribution in [0.4, 0.5) is 0 Å². The van der Waals surface area contributed by atoms with E-state index in [0.717, 1.165) is 49.0 Å². The van der Waals surface area contributed by atoms with E-state index in [1.165, 1.54) is 0 Å². The van der Waals surface area contributed by atoms with E-state index in [0.29, 0.717) is 19.1 Å². The van der Waals surface area contributed by atoms with Gasteiger partial charge in [-0.15, -0.1) is 0 Å². The third-order valence-corrected chi connectivity index (χ3v) is 4.22. The van der Waals surface area contributed by atoms with Crippen LogP contribution in [0.1, 0.15) is 46.1 Å². The normalized spacial score (nSPS) is 12.8. The predicted molar refractivity (Wildman–Crippen MR) is 112 cm³/mol. The van der Waals surface area contributed by atoms with Crippen LogP contribution in [0, 0.1) is 5.92 Å². The van der Waals surface area contributed by atoms with Gasteiger partial charge in [-0.3, -0.25) is 4.99 Å². The smallest absolute Gasteiger partial charge is 0.191 e. The topological polar surface area (TPSA) is 64.1 Å². The number of benzene rings is 1. The molecule has 1 aromatic carbocycles. The van der Waals surface area contributed by atoms with Crippen LogP contribution in [-0.4, -0.2) is 46.0 Å². The Morgan fingerprint density at radius 2 is 1.93 bits per heavy atom. The lowest BCUT2D eigenvalue weighted by Gasteiger charge is -2.21. The first-order valence-electron chi connectivity index (χ1n) is 9.91. The second-order valence-corrected chi connectivity index (χ2v) is 6.71. The highest BCUT2D eigenvalue weighted by Crippen LogP contribution is 2.28. The summed E-state index contributed by atoms with van der Waals surface area (Å²) in [4.78, 5) is 4.29. The van der Waals surface area contributed by atoms with E-state index >= 15 is 0 Å². The van der Waals surface area contributed by atoms with Crippen molar-refractivity contribution in [3.8, 4) is 11.5 Å². The molecule has 2 N–H and O–H groups in total. The molecule has 0 saturated carbocycles. The molecule has 0 heterocycles. The average Bonchev–Trinajstić information content (AvgIpc) is 2.68. The fourth-order valence-electron chi connectivity index (χ4n) is 2.72. The van der Waals surface area contributed by atoms with E-state index in [2.05, 4.69) is 36.4 Å². The van der Waals surface area contributed by atoms with Crippen molar-refractivity contribution >= 4 is 5.96 Å². The number of aliphatic imine (C=N–C) groups is 1. The molecule has 0 aliphatic carbocycles. The van der Waals surface area contributed by atoms with Crippen molar-refractivity contribution in [1.29, 1.82) is 0 Å². The van der Waals surface area contributed by atoms with Crippen LogP contribution in [-0.2, 0) is 11.3 Å². The Bertz CT molecular complexity index is 562. The predicted octanol–water partition coefficient (Wildman–Crippen LogP) is 3.60. The Balaban J connectivity index is 2.52. The number of nitrogens with one attached hydrogen (secondary N) is 2. The maximum absolute atomic E-state index is 5.79. The highest BCUT2D eigenvalue weighted by molar-refractivity contribution is 5.79. The van der Waals surface area contributed by atoms with Gasteiger partial charge < -0.3 is 24.8 Å². The summed E-state index contributed by atoms with van der Waals surface area (Å²) in [5, 5.41) is 6.69. The molecule has 0 spiro atoms. The van der Waals surface area contributed by atoms with Crippen molar-refractivity contribution in [2.45, 2.75) is 53.2 Å². The summed E-state index contributed by atoms with van der Waals surface area (Å²) in [6, 6.07) is 5.99. The minimum Gasteiger partial charge on any atom is -0.493 e. The summed E-state index contributed by atoms with van der Waals surface area (Å²) in [6.45, 7) is 11.4. The van der Waals surface area contributed by atoms with Gasteiger partial charge in [0.2, 0.25) is 0 Å². The Kier molecular flexibility index (Phi) is 11.3. The molecule has 0 amide bonds. The number of rotatable bonds is 12. The summed E-state index contributed by atoms with van der Waals surface area (Å²) in [6.07, 6.45) is 2.18. The third kappa shape index (κ3) is 8.52. The van der Waals surface area contributed by atoms with Gasteiger partial charge in [-0.1, -0.05) is 26.8 Å². The highest BCUT2D eigenvalue weighted by Gasteiger charge is 2.13. The van der Waals surface area contributed by atoms with Gasteiger partial charge >= 0.3 is 0 Å². The van der Waals surface area contributed by atoms with Crippen LogP contribution in [0.3, 0.4) is 0 Å². The van der Waals surface area contributed by atoms with Crippen molar-refractivity contribution in [2.24, 2.45) is 10.9 Å². The maximum atomic E-state index is 5.79. The molecule has 1 atom stereocenters. The molecule has 0 aliphatic rings. The first kappa shape index (κ1) is 23.1. The molecule has 1 aromatic rings. The van der Waals surface area contributed by atoms with Gasteiger partial charge in [-0.2, -0.15) is 0 Å². The molecule has 154 valence electrons. The van der Waals surface area contributed by atoms with E-state index in [1.54, 1.807) is 14.2 Å². The fourth-order valence-corrected chi connectivity index (χ4v) is 2.72. The van der Waals surface area contributed by atoms with Gasteiger partial charge in [0.1, 0.15) is 0 Å². The van der Waals surface area contributed by atoms with E-state index in [-0.39, 0.29) is 6.10 Å². The quantitative estimate of drug-likeness (QED) is 0.429. The van der Waals surface area contributed by atoms with E-state index in [9.17, 15) is 0 Å². The van der Waals surface area contributed by atoms with Gasteiger partial charge in [0.15, 0.2) is 17.5 Å². The lowest BCUT2D eigenvalue weighted by molar-refractivity contribution is 0.0258. The van der Waals surface area contributed by atoms with Crippen LogP contribution in [0.5, 0.6) is 11.5 Å². The number of ether oxygens (including phenoxy) is 3. The number of hydrogen-bond acceptors (Lipinski definition) is 4. The van der Waals surface area contributed by atoms with Crippen LogP contribution in [0.15, 0.2) is 23.2 Å². The van der Waals surface area contributed by atoms with E-state index in [4.69, 9.17) is 14.2 Å². The number of guanidine groups is 1. The first-order valence-corrected chi connectivity index (χ1v) is 9.91. The Morgan fingerprint density at radius 3 is 2.52 bits per heavy atom. The lowest BCUT2D eigenvalue weighted by atomic mass is 10.0. The zero-order valence-electron chi connectivity index (χ0n) is 17.8. The molecule has 0 radical (unpaired) electrons. The SMILES string of the molecule is CCCOc1ccc(CNC(=NC)NCCC(OCC)C(C)C)cc1OC. The second-order valence-electron chi connectivity index (χ2n) is 6.71. The fraction of sp³-hybridized carbons (Fsp3) is 0.667. The Hall–Kier alpha value is -1.95. The zero-order valence-corrected chi connectivity index (χ0v) is 17.8. The highest BCUT2D eigenvalue weighted by atomic mass is 16.5. The van der Waals surface area contributed by atoms with Crippen molar-refractivity contribution in [2.75, 3.05) is 33.9 Å². The van der Waals surface area contributed by atoms with E-state index in [1.807, 2.05) is 25.1 Å². The summed E-state index contributed by atoms with van der Waals surface area (Å²) < 4.78 is 16.9. The summed E-state index contributed by atoms with van der Waals surface area (Å²) in [5.74, 6) is 2.81. The largest absolute Gasteiger partial charge is 0.493 e. The molecular formula is C21H37N3O3. The molecule has 27 heavy (non-hydrogen) atoms. The molecule has 1 unspecified atom stereocenters. The van der Waals surface area contributed by atoms with Crippen molar-refractivity contribution < 1.29 is 14.2 Å². The monoisotopic (exact) mass is 379 g/mol. The molecule has 0 aromatic heterocycles. The van der Waals surface area contributed by atoms with Gasteiger partial charge in [-0.25, -0.2) is 0 Å². The lowest BCUT2D eigenvalue weighted by Crippen LogP contribution is -2.38. The van der Waals surface area contributed by atoms with E-state index < -0.39 is 0 Å². The second kappa shape index (κ2) is 13.3. The van der Waals surface area contributed by atoms with Crippen LogP contribution < -0.4 is 20.1 Å². The van der Waals surface area contributed by atoms with Gasteiger partial charge in [0.25, 0.3) is 0 Å². The first-order chi connectivity index (χ1) is 13.0. The zero-order chi connectivity index (χ0) is 20.1. The van der Waals surface area contributed by atoms with Crippen LogP contribution in [0.25, 0.3) is 0 Å². The third-order valence-electron chi connectivity index (χ3n) is 4.22. The average molecular weight is 380 g/mol. The molecule has 0 saturated heterocycles. The van der Waals surface area contributed by atoms with Crippen LogP contribution >= 0.6 is 0 Å². The van der Waals surface area contributed by atoms with Crippen molar-refractivity contribution in [3.63, 3.8) is 0 Å². The standard InChI is InChI=1S/C21H37N3O3/c1-7-13-27-19-10-9-17(14-20(19)25-6)15-24-21(22-5)23-12-11-18(16(3)4)26-8-2/h9-10,14,16,18H,7-8,11-13,15H2,1-6H3,(H2,22,23,24). The minimum atomic E-state index is 0.264. The molecule has 0 fully saturated rings. The van der Waals surface area contributed by atoms with Crippen molar-refractivity contribution in [3.05, 3.63) is 23.8 Å². The summed E-state index contributed by atoms with van der Waals surface area (Å²) in [7, 11) is 3.44. The van der Waals surface area contributed by atoms with Crippen molar-refractivity contribution in [1.82, 2.24) is 10.6 Å². The molecule has 6 heteroatoms. The molecule has 6 nitrogen and oxygen atoms in total. The Morgan fingerprint density at radius 1 is 1.15 bits per heavy atom. The molecule has 1 rings (SSSR count). The summed E-state index contributed by atoms with van der Waals surface area (Å²) >= 11 is 0. The molecule has 0 aliphatic heterocycles. The van der Waals surface area contributed by atoms with Crippen LogP contribution in [0.2, 0.25) is 0 Å². The minimum absolute atomic E-state index is 0.264. The number of hydrogen-bond donors (Lipinski definition) is 2. The molecular weight excluding hydrogens is 342 g/mol. The van der Waals surface area contributed by atoms with Gasteiger partial charge in [0, 0.05) is 26.7 Å². The summed E-state index contributed by atoms with van der Waals surface area (Å²) in [5.41, 5.74) is 1.10.